The van der Waals surface area contributed by atoms with Crippen molar-refractivity contribution in [2.75, 3.05) is 0 Å². The van der Waals surface area contributed by atoms with Gasteiger partial charge < -0.3 is 9.30 Å². The molecule has 4 rings (SSSR count). The number of rotatable bonds is 11. The Balaban J connectivity index is 1.47. The summed E-state index contributed by atoms with van der Waals surface area (Å²) >= 11 is 0. The molecule has 0 saturated heterocycles. The highest BCUT2D eigenvalue weighted by Crippen LogP contribution is 2.38. The van der Waals surface area contributed by atoms with Gasteiger partial charge in [-0.25, -0.2) is 13.8 Å². The fourth-order valence-corrected chi connectivity index (χ4v) is 6.05. The van der Waals surface area contributed by atoms with Crippen molar-refractivity contribution in [1.82, 2.24) is 14.7 Å². The molecule has 0 aliphatic rings. The van der Waals surface area contributed by atoms with E-state index in [2.05, 4.69) is 15.2 Å². The van der Waals surface area contributed by atoms with Crippen molar-refractivity contribution in [3.63, 3.8) is 0 Å². The lowest BCUT2D eigenvalue weighted by Gasteiger charge is -2.20. The second-order valence-electron chi connectivity index (χ2n) is 11.1. The normalized spacial score (nSPS) is 12.8. The van der Waals surface area contributed by atoms with Crippen LogP contribution in [0.1, 0.15) is 41.9 Å². The monoisotopic (exact) mass is 671 g/mol. The van der Waals surface area contributed by atoms with Crippen molar-refractivity contribution < 1.29 is 36.0 Å². The SMILES string of the molecule is Cc1ccc(S(=O)(=O)N[C@H](C(=O)N/N=C\c2cc(C)n(-c3ccc(Oc4ccc(C(F)(F)F)cc4[N+](=O)[O-])cc3)c2C)C(C)C)cc1. The second-order valence-corrected chi connectivity index (χ2v) is 12.8. The molecule has 47 heavy (non-hydrogen) atoms. The van der Waals surface area contributed by atoms with E-state index in [0.717, 1.165) is 23.0 Å². The van der Waals surface area contributed by atoms with E-state index >= 15 is 0 Å². The summed E-state index contributed by atoms with van der Waals surface area (Å²) < 4.78 is 74.7. The van der Waals surface area contributed by atoms with E-state index in [0.29, 0.717) is 23.4 Å². The van der Waals surface area contributed by atoms with Crippen LogP contribution in [-0.2, 0) is 21.0 Å². The van der Waals surface area contributed by atoms with Crippen LogP contribution in [0.15, 0.2) is 82.8 Å². The number of nitrogens with zero attached hydrogens (tertiary/aromatic N) is 3. The van der Waals surface area contributed by atoms with Crippen LogP contribution in [-0.4, -0.2) is 36.1 Å². The number of hydrazone groups is 1. The number of alkyl halides is 3. The van der Waals surface area contributed by atoms with Gasteiger partial charge in [0, 0.05) is 28.7 Å². The Kier molecular flexibility index (Phi) is 10.2. The first-order valence-corrected chi connectivity index (χ1v) is 15.7. The number of benzene rings is 3. The van der Waals surface area contributed by atoms with Crippen LogP contribution in [0.3, 0.4) is 0 Å². The quantitative estimate of drug-likeness (QED) is 0.105. The van der Waals surface area contributed by atoms with Crippen molar-refractivity contribution in [2.24, 2.45) is 11.0 Å². The van der Waals surface area contributed by atoms with E-state index in [4.69, 9.17) is 4.74 Å². The summed E-state index contributed by atoms with van der Waals surface area (Å²) in [6.07, 6.45) is -3.31. The minimum absolute atomic E-state index is 0.0398. The first-order valence-electron chi connectivity index (χ1n) is 14.2. The smallest absolute Gasteiger partial charge is 0.416 e. The molecular weight excluding hydrogens is 639 g/mol. The molecule has 0 saturated carbocycles. The predicted octanol–water partition coefficient (Wildman–Crippen LogP) is 6.58. The maximum absolute atomic E-state index is 13.0. The van der Waals surface area contributed by atoms with Gasteiger partial charge in [-0.3, -0.25) is 14.9 Å². The molecule has 0 spiro atoms. The van der Waals surface area contributed by atoms with Gasteiger partial charge in [0.2, 0.25) is 15.8 Å². The molecule has 248 valence electrons. The Labute approximate surface area is 269 Å². The van der Waals surface area contributed by atoms with Crippen LogP contribution in [0.5, 0.6) is 11.5 Å². The molecule has 0 radical (unpaired) electrons. The van der Waals surface area contributed by atoms with E-state index in [1.54, 1.807) is 38.1 Å². The molecule has 0 fully saturated rings. The first kappa shape index (κ1) is 34.8. The topological polar surface area (TPSA) is 145 Å². The van der Waals surface area contributed by atoms with Gasteiger partial charge in [0.1, 0.15) is 11.8 Å². The van der Waals surface area contributed by atoms with Crippen LogP contribution < -0.4 is 14.9 Å². The van der Waals surface area contributed by atoms with E-state index in [-0.39, 0.29) is 22.3 Å². The predicted molar refractivity (Wildman–Crippen MR) is 169 cm³/mol. The lowest BCUT2D eigenvalue weighted by Crippen LogP contribution is -2.48. The molecule has 0 aliphatic heterocycles. The van der Waals surface area contributed by atoms with Crippen LogP contribution in [0.4, 0.5) is 18.9 Å². The first-order chi connectivity index (χ1) is 22.0. The van der Waals surface area contributed by atoms with Crippen molar-refractivity contribution >= 4 is 27.8 Å². The minimum Gasteiger partial charge on any atom is -0.450 e. The molecule has 0 aliphatic carbocycles. The highest BCUT2D eigenvalue weighted by Gasteiger charge is 2.33. The van der Waals surface area contributed by atoms with Gasteiger partial charge in [0.05, 0.1) is 21.6 Å². The number of nitrogens with one attached hydrogen (secondary N) is 2. The largest absolute Gasteiger partial charge is 0.450 e. The summed E-state index contributed by atoms with van der Waals surface area (Å²) in [7, 11) is -3.96. The zero-order valence-corrected chi connectivity index (χ0v) is 26.8. The summed E-state index contributed by atoms with van der Waals surface area (Å²) in [4.78, 5) is 23.4. The lowest BCUT2D eigenvalue weighted by molar-refractivity contribution is -0.385. The molecule has 2 N–H and O–H groups in total. The zero-order chi connectivity index (χ0) is 34.7. The van der Waals surface area contributed by atoms with Crippen molar-refractivity contribution in [2.45, 2.75) is 51.7 Å². The van der Waals surface area contributed by atoms with Gasteiger partial charge >= 0.3 is 11.9 Å². The number of hydrogen-bond acceptors (Lipinski definition) is 7. The minimum atomic E-state index is -4.74. The summed E-state index contributed by atoms with van der Waals surface area (Å²) in [6.45, 7) is 8.91. The van der Waals surface area contributed by atoms with Crippen LogP contribution >= 0.6 is 0 Å². The highest BCUT2D eigenvalue weighted by atomic mass is 32.2. The maximum atomic E-state index is 13.0. The maximum Gasteiger partial charge on any atom is 0.416 e. The number of ether oxygens (including phenoxy) is 1. The molecule has 3 aromatic carbocycles. The Morgan fingerprint density at radius 2 is 1.64 bits per heavy atom. The average Bonchev–Trinajstić information content (AvgIpc) is 3.28. The average molecular weight is 672 g/mol. The molecule has 15 heteroatoms. The van der Waals surface area contributed by atoms with Crippen molar-refractivity contribution in [3.8, 4) is 17.2 Å². The Bertz CT molecular complexity index is 1920. The Morgan fingerprint density at radius 1 is 1.00 bits per heavy atom. The molecule has 1 atom stereocenters. The number of carbonyl (C=O) groups excluding carboxylic acids is 1. The molecule has 0 unspecified atom stereocenters. The van der Waals surface area contributed by atoms with Gasteiger partial charge in [0.25, 0.3) is 5.91 Å². The fourth-order valence-electron chi connectivity index (χ4n) is 4.71. The molecule has 1 amide bonds. The Hall–Kier alpha value is -5.02. The van der Waals surface area contributed by atoms with E-state index in [1.165, 1.54) is 30.5 Å². The number of hydrogen-bond donors (Lipinski definition) is 2. The van der Waals surface area contributed by atoms with Gasteiger partial charge in [-0.05, 0) is 81.3 Å². The zero-order valence-electron chi connectivity index (χ0n) is 26.0. The highest BCUT2D eigenvalue weighted by molar-refractivity contribution is 7.89. The van der Waals surface area contributed by atoms with Crippen molar-refractivity contribution in [3.05, 3.63) is 111 Å². The molecule has 4 aromatic rings. The fraction of sp³-hybridized carbons (Fsp3) is 0.250. The summed E-state index contributed by atoms with van der Waals surface area (Å²) in [5, 5.41) is 15.4. The number of nitro groups is 1. The summed E-state index contributed by atoms with van der Waals surface area (Å²) in [5.41, 5.74) is 4.21. The third kappa shape index (κ3) is 8.23. The molecule has 1 aromatic heterocycles. The van der Waals surface area contributed by atoms with Crippen LogP contribution in [0.2, 0.25) is 0 Å². The van der Waals surface area contributed by atoms with Crippen LogP contribution in [0.25, 0.3) is 5.69 Å². The Morgan fingerprint density at radius 3 is 2.21 bits per heavy atom. The second kappa shape index (κ2) is 13.8. The third-order valence-electron chi connectivity index (χ3n) is 7.22. The van der Waals surface area contributed by atoms with Gasteiger partial charge in [0.15, 0.2) is 0 Å². The van der Waals surface area contributed by atoms with Gasteiger partial charge in [-0.15, -0.1) is 0 Å². The van der Waals surface area contributed by atoms with E-state index in [9.17, 15) is 36.5 Å². The standard InChI is InChI=1S/C32H32F3N5O6S/c1-19(2)30(38-47(44,45)27-13-6-20(3)7-14-27)31(41)37-36-18-23-16-21(4)39(22(23)5)25-9-11-26(12-10-25)46-29-15-8-24(32(33,34)35)17-28(29)40(42)43/h6-19,30,38H,1-5H3,(H,37,41)/b36-18-/t30-/m0/s1. The van der Waals surface area contributed by atoms with Gasteiger partial charge in [-0.1, -0.05) is 31.5 Å². The van der Waals surface area contributed by atoms with E-state index < -0.39 is 44.3 Å². The lowest BCUT2D eigenvalue weighted by atomic mass is 10.1. The summed E-state index contributed by atoms with van der Waals surface area (Å²) in [6, 6.07) is 15.4. The number of halogens is 3. The number of aromatic nitrogens is 1. The summed E-state index contributed by atoms with van der Waals surface area (Å²) in [5.74, 6) is -1.19. The number of nitro benzene ring substituents is 1. The molecule has 11 nitrogen and oxygen atoms in total. The number of carbonyl (C=O) groups is 1. The van der Waals surface area contributed by atoms with E-state index in [1.807, 2.05) is 31.4 Å². The van der Waals surface area contributed by atoms with Crippen LogP contribution in [0, 0.1) is 36.8 Å². The third-order valence-corrected chi connectivity index (χ3v) is 8.67. The number of amides is 1. The molecular formula is C32H32F3N5O6S. The van der Waals surface area contributed by atoms with Crippen molar-refractivity contribution in [1.29, 1.82) is 0 Å². The van der Waals surface area contributed by atoms with Gasteiger partial charge in [-0.2, -0.15) is 23.0 Å². The number of aryl methyl sites for hydroxylation is 2. The molecule has 0 bridgehead atoms. The molecule has 1 heterocycles. The number of sulfonamides is 1.